The lowest BCUT2D eigenvalue weighted by molar-refractivity contribution is -0.144. The van der Waals surface area contributed by atoms with Gasteiger partial charge in [-0.15, -0.1) is 0 Å². The number of carboxylic acid groups (broad SMARTS) is 1. The largest absolute Gasteiger partial charge is 0.480 e. The van der Waals surface area contributed by atoms with Gasteiger partial charge in [0.25, 0.3) is 0 Å². The van der Waals surface area contributed by atoms with E-state index >= 15 is 0 Å². The number of hydrogen-bond acceptors (Lipinski definition) is 2. The summed E-state index contributed by atoms with van der Waals surface area (Å²) in [5.41, 5.74) is 0. The Kier molecular flexibility index (Phi) is 1.94. The van der Waals surface area contributed by atoms with Crippen LogP contribution in [0.15, 0.2) is 0 Å². The van der Waals surface area contributed by atoms with E-state index < -0.39 is 5.97 Å². The third kappa shape index (κ3) is 1.14. The van der Waals surface area contributed by atoms with E-state index in [0.717, 1.165) is 6.54 Å². The van der Waals surface area contributed by atoms with Crippen molar-refractivity contribution in [3.63, 3.8) is 0 Å². The van der Waals surface area contributed by atoms with Crippen molar-refractivity contribution < 1.29 is 9.90 Å². The predicted molar refractivity (Wildman–Crippen MR) is 37.8 cm³/mol. The van der Waals surface area contributed by atoms with Gasteiger partial charge in [-0.1, -0.05) is 13.8 Å². The zero-order chi connectivity index (χ0) is 7.72. The van der Waals surface area contributed by atoms with Crippen LogP contribution < -0.4 is 5.32 Å². The molecule has 3 nitrogen and oxygen atoms in total. The van der Waals surface area contributed by atoms with Gasteiger partial charge in [-0.3, -0.25) is 4.79 Å². The molecule has 1 rings (SSSR count). The Morgan fingerprint density at radius 1 is 1.70 bits per heavy atom. The second kappa shape index (κ2) is 2.58. The molecule has 2 unspecified atom stereocenters. The van der Waals surface area contributed by atoms with Crippen LogP contribution in [-0.4, -0.2) is 23.7 Å². The number of carboxylic acids is 1. The van der Waals surface area contributed by atoms with Crippen molar-refractivity contribution in [2.45, 2.75) is 19.9 Å². The maximum atomic E-state index is 10.4. The highest BCUT2D eigenvalue weighted by molar-refractivity contribution is 5.75. The van der Waals surface area contributed by atoms with Crippen LogP contribution in [0.25, 0.3) is 0 Å². The Labute approximate surface area is 60.4 Å². The summed E-state index contributed by atoms with van der Waals surface area (Å²) in [6.07, 6.45) is 0. The molecule has 1 aliphatic heterocycles. The molecule has 0 spiro atoms. The smallest absolute Gasteiger partial charge is 0.321 e. The van der Waals surface area contributed by atoms with Crippen LogP contribution in [-0.2, 0) is 4.79 Å². The Morgan fingerprint density at radius 3 is 2.40 bits per heavy atom. The van der Waals surface area contributed by atoms with Crippen LogP contribution in [0.3, 0.4) is 0 Å². The van der Waals surface area contributed by atoms with E-state index in [1.54, 1.807) is 0 Å². The summed E-state index contributed by atoms with van der Waals surface area (Å²) in [6.45, 7) is 4.97. The van der Waals surface area contributed by atoms with E-state index in [2.05, 4.69) is 19.2 Å². The molecular formula is C7H13NO2. The third-order valence-corrected chi connectivity index (χ3v) is 2.12. The Balaban J connectivity index is 2.43. The van der Waals surface area contributed by atoms with Crippen LogP contribution in [0.4, 0.5) is 0 Å². The van der Waals surface area contributed by atoms with Gasteiger partial charge in [0.2, 0.25) is 0 Å². The molecule has 0 saturated carbocycles. The molecule has 1 saturated heterocycles. The summed E-state index contributed by atoms with van der Waals surface area (Å²) in [5, 5.41) is 11.5. The van der Waals surface area contributed by atoms with E-state index in [0.29, 0.717) is 11.8 Å². The lowest BCUT2D eigenvalue weighted by Gasteiger charge is -2.37. The van der Waals surface area contributed by atoms with Gasteiger partial charge in [0.15, 0.2) is 0 Å². The summed E-state index contributed by atoms with van der Waals surface area (Å²) < 4.78 is 0. The molecule has 0 amide bonds. The second-order valence-electron chi connectivity index (χ2n) is 3.13. The van der Waals surface area contributed by atoms with Gasteiger partial charge < -0.3 is 10.4 Å². The standard InChI is InChI=1S/C7H13NO2/c1-4(2)5-3-8-6(5)7(9)10/h4-6,8H,3H2,1-2H3,(H,9,10). The van der Waals surface area contributed by atoms with Gasteiger partial charge in [-0.2, -0.15) is 0 Å². The quantitative estimate of drug-likeness (QED) is 0.585. The van der Waals surface area contributed by atoms with Crippen LogP contribution in [0.2, 0.25) is 0 Å². The minimum Gasteiger partial charge on any atom is -0.480 e. The number of carbonyl (C=O) groups is 1. The first-order valence-electron chi connectivity index (χ1n) is 3.59. The molecule has 0 bridgehead atoms. The molecule has 10 heavy (non-hydrogen) atoms. The molecule has 58 valence electrons. The molecule has 3 heteroatoms. The van der Waals surface area contributed by atoms with Crippen molar-refractivity contribution in [1.29, 1.82) is 0 Å². The third-order valence-electron chi connectivity index (χ3n) is 2.12. The molecule has 0 aromatic rings. The minimum absolute atomic E-state index is 0.292. The minimum atomic E-state index is -0.718. The molecule has 2 atom stereocenters. The summed E-state index contributed by atoms with van der Waals surface area (Å²) >= 11 is 0. The van der Waals surface area contributed by atoms with Crippen LogP contribution in [0, 0.1) is 11.8 Å². The Bertz CT molecular complexity index is 145. The van der Waals surface area contributed by atoms with Crippen molar-refractivity contribution >= 4 is 5.97 Å². The Morgan fingerprint density at radius 2 is 2.30 bits per heavy atom. The first-order valence-corrected chi connectivity index (χ1v) is 3.59. The first-order chi connectivity index (χ1) is 4.63. The van der Waals surface area contributed by atoms with E-state index in [9.17, 15) is 4.79 Å². The second-order valence-corrected chi connectivity index (χ2v) is 3.13. The average Bonchev–Trinajstić information content (AvgIpc) is 1.56. The zero-order valence-electron chi connectivity index (χ0n) is 6.29. The van der Waals surface area contributed by atoms with E-state index in [1.165, 1.54) is 0 Å². The van der Waals surface area contributed by atoms with Gasteiger partial charge >= 0.3 is 5.97 Å². The summed E-state index contributed by atoms with van der Waals surface area (Å²) in [5.74, 6) is 0.0878. The molecule has 1 aliphatic rings. The van der Waals surface area contributed by atoms with Gasteiger partial charge in [0, 0.05) is 6.54 Å². The van der Waals surface area contributed by atoms with Crippen molar-refractivity contribution in [3.8, 4) is 0 Å². The topological polar surface area (TPSA) is 49.3 Å². The zero-order valence-corrected chi connectivity index (χ0v) is 6.29. The predicted octanol–water partition coefficient (Wildman–Crippen LogP) is 0.315. The molecule has 0 aromatic carbocycles. The molecule has 0 aliphatic carbocycles. The lowest BCUT2D eigenvalue weighted by Crippen LogP contribution is -2.59. The molecule has 1 fully saturated rings. The molecular weight excluding hydrogens is 130 g/mol. The fraction of sp³-hybridized carbons (Fsp3) is 0.857. The van der Waals surface area contributed by atoms with E-state index in [1.807, 2.05) is 0 Å². The van der Waals surface area contributed by atoms with Crippen LogP contribution in [0.1, 0.15) is 13.8 Å². The summed E-state index contributed by atoms with van der Waals surface area (Å²) in [6, 6.07) is -0.292. The molecule has 1 heterocycles. The number of hydrogen-bond donors (Lipinski definition) is 2. The highest BCUT2D eigenvalue weighted by Crippen LogP contribution is 2.21. The number of nitrogens with one attached hydrogen (secondary N) is 1. The van der Waals surface area contributed by atoms with Crippen LogP contribution >= 0.6 is 0 Å². The molecule has 2 N–H and O–H groups in total. The number of aliphatic carboxylic acids is 1. The fourth-order valence-electron chi connectivity index (χ4n) is 1.26. The van der Waals surface area contributed by atoms with Crippen LogP contribution in [0.5, 0.6) is 0 Å². The van der Waals surface area contributed by atoms with Gasteiger partial charge in [0.05, 0.1) is 0 Å². The van der Waals surface area contributed by atoms with Crippen molar-refractivity contribution in [2.75, 3.05) is 6.54 Å². The normalized spacial score (nSPS) is 31.9. The van der Waals surface area contributed by atoms with Crippen molar-refractivity contribution in [1.82, 2.24) is 5.32 Å². The van der Waals surface area contributed by atoms with Gasteiger partial charge in [-0.05, 0) is 11.8 Å². The summed E-state index contributed by atoms with van der Waals surface area (Å²) in [7, 11) is 0. The molecule has 0 aromatic heterocycles. The summed E-state index contributed by atoms with van der Waals surface area (Å²) in [4.78, 5) is 10.4. The first kappa shape index (κ1) is 7.54. The lowest BCUT2D eigenvalue weighted by atomic mass is 9.82. The van der Waals surface area contributed by atoms with E-state index in [4.69, 9.17) is 5.11 Å². The van der Waals surface area contributed by atoms with Crippen molar-refractivity contribution in [2.24, 2.45) is 11.8 Å². The maximum Gasteiger partial charge on any atom is 0.321 e. The number of rotatable bonds is 2. The fourth-order valence-corrected chi connectivity index (χ4v) is 1.26. The monoisotopic (exact) mass is 143 g/mol. The highest BCUT2D eigenvalue weighted by atomic mass is 16.4. The maximum absolute atomic E-state index is 10.4. The van der Waals surface area contributed by atoms with E-state index in [-0.39, 0.29) is 6.04 Å². The molecule has 0 radical (unpaired) electrons. The average molecular weight is 143 g/mol. The highest BCUT2D eigenvalue weighted by Gasteiger charge is 2.37. The van der Waals surface area contributed by atoms with Gasteiger partial charge in [0.1, 0.15) is 6.04 Å². The Hall–Kier alpha value is -0.570. The van der Waals surface area contributed by atoms with Gasteiger partial charge in [-0.25, -0.2) is 0 Å². The SMILES string of the molecule is CC(C)C1CNC1C(=O)O. The van der Waals surface area contributed by atoms with Crippen molar-refractivity contribution in [3.05, 3.63) is 0 Å².